The monoisotopic (exact) mass is 291 g/mol. The molecule has 1 rings (SSSR count). The summed E-state index contributed by atoms with van der Waals surface area (Å²) in [5, 5.41) is 3.33. The van der Waals surface area contributed by atoms with Gasteiger partial charge in [-0.3, -0.25) is 0 Å². The summed E-state index contributed by atoms with van der Waals surface area (Å²) in [4.78, 5) is 11.6. The molecule has 0 bridgehead atoms. The molecule has 1 unspecified atom stereocenters. The molecule has 0 radical (unpaired) electrons. The Morgan fingerprint density at radius 2 is 2.33 bits per heavy atom. The number of allylic oxidation sites excluding steroid dienone is 3. The van der Waals surface area contributed by atoms with Gasteiger partial charge in [0.25, 0.3) is 0 Å². The third kappa shape index (κ3) is 4.01. The van der Waals surface area contributed by atoms with Crippen LogP contribution in [-0.4, -0.2) is 31.5 Å². The van der Waals surface area contributed by atoms with E-state index in [1.54, 1.807) is 0 Å². The molecular formula is C13H19Cl2NO2. The topological polar surface area (TPSA) is 38.3 Å². The van der Waals surface area contributed by atoms with E-state index in [-0.39, 0.29) is 5.38 Å². The fourth-order valence-corrected chi connectivity index (χ4v) is 2.61. The second-order valence-corrected chi connectivity index (χ2v) is 5.01. The van der Waals surface area contributed by atoms with Gasteiger partial charge in [0, 0.05) is 0 Å². The molecule has 0 spiro atoms. The lowest BCUT2D eigenvalue weighted by Crippen LogP contribution is -2.20. The molecule has 0 fully saturated rings. The summed E-state index contributed by atoms with van der Waals surface area (Å²) in [7, 11) is 1.34. The molecule has 0 aromatic rings. The highest BCUT2D eigenvalue weighted by Gasteiger charge is 2.27. The number of esters is 1. The van der Waals surface area contributed by atoms with Gasteiger partial charge in [0.15, 0.2) is 0 Å². The Hall–Kier alpha value is -0.510. The number of alkyl halides is 1. The second kappa shape index (κ2) is 7.82. The lowest BCUT2D eigenvalue weighted by molar-refractivity contribution is -0.136. The number of methoxy groups -OCH3 is 1. The van der Waals surface area contributed by atoms with Gasteiger partial charge in [-0.25, -0.2) is 4.79 Å². The number of hydrogen-bond donors (Lipinski definition) is 1. The summed E-state index contributed by atoms with van der Waals surface area (Å²) >= 11 is 12.3. The number of ether oxygens (including phenoxy) is 1. The Kier molecular flexibility index (Phi) is 6.76. The third-order valence-corrected chi connectivity index (χ3v) is 3.70. The van der Waals surface area contributed by atoms with Crippen LogP contribution in [-0.2, 0) is 9.53 Å². The van der Waals surface area contributed by atoms with E-state index in [4.69, 9.17) is 27.9 Å². The van der Waals surface area contributed by atoms with E-state index in [9.17, 15) is 4.79 Å². The Balaban J connectivity index is 2.70. The lowest BCUT2D eigenvalue weighted by atomic mass is 9.95. The summed E-state index contributed by atoms with van der Waals surface area (Å²) in [6.45, 7) is 3.97. The third-order valence-electron chi connectivity index (χ3n) is 2.86. The van der Waals surface area contributed by atoms with Crippen LogP contribution >= 0.6 is 23.2 Å². The van der Waals surface area contributed by atoms with Gasteiger partial charge in [0.2, 0.25) is 0 Å². The van der Waals surface area contributed by atoms with Crippen molar-refractivity contribution in [2.75, 3.05) is 20.2 Å². The average Bonchev–Trinajstić information content (AvgIpc) is 2.36. The number of carbonyl (C=O) groups is 1. The van der Waals surface area contributed by atoms with E-state index in [0.29, 0.717) is 17.0 Å². The predicted molar refractivity (Wildman–Crippen MR) is 75.0 cm³/mol. The fraction of sp³-hybridized carbons (Fsp3) is 0.615. The molecule has 1 N–H and O–H groups in total. The van der Waals surface area contributed by atoms with Gasteiger partial charge < -0.3 is 10.1 Å². The Morgan fingerprint density at radius 1 is 1.61 bits per heavy atom. The minimum atomic E-state index is -0.433. The number of carbonyl (C=O) groups excluding carboxylic acids is 1. The van der Waals surface area contributed by atoms with Crippen molar-refractivity contribution >= 4 is 29.2 Å². The molecule has 5 heteroatoms. The van der Waals surface area contributed by atoms with Crippen molar-refractivity contribution < 1.29 is 9.53 Å². The summed E-state index contributed by atoms with van der Waals surface area (Å²) in [6, 6.07) is 0. The van der Waals surface area contributed by atoms with Crippen LogP contribution in [0.1, 0.15) is 26.2 Å². The molecule has 1 aliphatic carbocycles. The molecule has 0 saturated heterocycles. The molecule has 0 aliphatic heterocycles. The molecular weight excluding hydrogens is 273 g/mol. The van der Waals surface area contributed by atoms with Crippen molar-refractivity contribution in [3.8, 4) is 0 Å². The maximum Gasteiger partial charge on any atom is 0.336 e. The quantitative estimate of drug-likeness (QED) is 0.464. The minimum absolute atomic E-state index is 0.387. The van der Waals surface area contributed by atoms with E-state index in [1.807, 2.05) is 6.08 Å². The van der Waals surface area contributed by atoms with Gasteiger partial charge in [-0.2, -0.15) is 0 Å². The van der Waals surface area contributed by atoms with Gasteiger partial charge >= 0.3 is 5.97 Å². The van der Waals surface area contributed by atoms with Crippen molar-refractivity contribution in [1.82, 2.24) is 5.32 Å². The molecule has 0 saturated carbocycles. The van der Waals surface area contributed by atoms with Crippen LogP contribution in [0, 0.1) is 0 Å². The summed E-state index contributed by atoms with van der Waals surface area (Å²) < 4.78 is 4.72. The van der Waals surface area contributed by atoms with Gasteiger partial charge in [-0.1, -0.05) is 24.6 Å². The predicted octanol–water partition coefficient (Wildman–Crippen LogP) is 2.98. The standard InChI is InChI=1S/C13H19Cl2NO2/c1-3-16-8-4-5-9-6-7-10(14)11(12(9)15)13(17)18-2/h6,10,16H,3-5,7-8H2,1-2H3. The van der Waals surface area contributed by atoms with E-state index in [0.717, 1.165) is 31.5 Å². The maximum absolute atomic E-state index is 11.6. The minimum Gasteiger partial charge on any atom is -0.466 e. The maximum atomic E-state index is 11.6. The van der Waals surface area contributed by atoms with Gasteiger partial charge in [0.1, 0.15) is 0 Å². The molecule has 3 nitrogen and oxygen atoms in total. The molecule has 102 valence electrons. The van der Waals surface area contributed by atoms with E-state index in [1.165, 1.54) is 7.11 Å². The van der Waals surface area contributed by atoms with Gasteiger partial charge in [-0.05, 0) is 37.9 Å². The lowest BCUT2D eigenvalue weighted by Gasteiger charge is -2.20. The first-order chi connectivity index (χ1) is 8.61. The van der Waals surface area contributed by atoms with E-state index >= 15 is 0 Å². The zero-order valence-electron chi connectivity index (χ0n) is 10.8. The number of halogens is 2. The van der Waals surface area contributed by atoms with Crippen LogP contribution in [0.5, 0.6) is 0 Å². The molecule has 18 heavy (non-hydrogen) atoms. The normalized spacial score (nSPS) is 19.8. The average molecular weight is 292 g/mol. The molecule has 1 atom stereocenters. The van der Waals surface area contributed by atoms with Crippen LogP contribution in [0.3, 0.4) is 0 Å². The van der Waals surface area contributed by atoms with Crippen molar-refractivity contribution in [3.05, 3.63) is 22.3 Å². The van der Waals surface area contributed by atoms with E-state index in [2.05, 4.69) is 12.2 Å². The first-order valence-corrected chi connectivity index (χ1v) is 6.95. The van der Waals surface area contributed by atoms with Crippen molar-refractivity contribution in [3.63, 3.8) is 0 Å². The van der Waals surface area contributed by atoms with Crippen molar-refractivity contribution in [2.24, 2.45) is 0 Å². The van der Waals surface area contributed by atoms with E-state index < -0.39 is 5.97 Å². The van der Waals surface area contributed by atoms with Crippen LogP contribution in [0.15, 0.2) is 22.3 Å². The van der Waals surface area contributed by atoms with Crippen LogP contribution in [0.2, 0.25) is 0 Å². The number of rotatable bonds is 6. The second-order valence-electron chi connectivity index (χ2n) is 4.11. The fourth-order valence-electron chi connectivity index (χ4n) is 1.88. The Labute approximate surface area is 118 Å². The highest BCUT2D eigenvalue weighted by Crippen LogP contribution is 2.34. The molecule has 0 aromatic carbocycles. The first kappa shape index (κ1) is 15.5. The zero-order valence-corrected chi connectivity index (χ0v) is 12.3. The van der Waals surface area contributed by atoms with Crippen LogP contribution in [0.4, 0.5) is 0 Å². The number of nitrogens with one attached hydrogen (secondary N) is 1. The highest BCUT2D eigenvalue weighted by atomic mass is 35.5. The van der Waals surface area contributed by atoms with Gasteiger partial charge in [0.05, 0.1) is 23.1 Å². The largest absolute Gasteiger partial charge is 0.466 e. The summed E-state index contributed by atoms with van der Waals surface area (Å²) in [6.07, 6.45) is 4.46. The van der Waals surface area contributed by atoms with Crippen molar-refractivity contribution in [1.29, 1.82) is 0 Å². The Morgan fingerprint density at radius 3 is 2.94 bits per heavy atom. The SMILES string of the molecule is CCNCCCC1=CCC(Cl)C(C(=O)OC)=C1Cl. The number of hydrogen-bond acceptors (Lipinski definition) is 3. The molecule has 1 aliphatic rings. The van der Waals surface area contributed by atoms with Crippen molar-refractivity contribution in [2.45, 2.75) is 31.6 Å². The molecule has 0 heterocycles. The smallest absolute Gasteiger partial charge is 0.336 e. The van der Waals surface area contributed by atoms with Gasteiger partial charge in [-0.15, -0.1) is 11.6 Å². The summed E-state index contributed by atoms with van der Waals surface area (Å²) in [5.74, 6) is -0.433. The highest BCUT2D eigenvalue weighted by molar-refractivity contribution is 6.36. The summed E-state index contributed by atoms with van der Waals surface area (Å²) in [5.41, 5.74) is 1.38. The molecule has 0 amide bonds. The first-order valence-electron chi connectivity index (χ1n) is 6.14. The zero-order chi connectivity index (χ0) is 13.5. The van der Waals surface area contributed by atoms with Crippen LogP contribution in [0.25, 0.3) is 0 Å². The molecule has 0 aromatic heterocycles. The Bertz CT molecular complexity index is 364. The van der Waals surface area contributed by atoms with Crippen LogP contribution < -0.4 is 5.32 Å².